The molecule has 0 saturated heterocycles. The lowest BCUT2D eigenvalue weighted by Gasteiger charge is -2.24. The van der Waals surface area contributed by atoms with Crippen molar-refractivity contribution in [2.45, 2.75) is 6.54 Å². The molecule has 104 valence electrons. The fraction of sp³-hybridized carbons (Fsp3) is 0.250. The highest BCUT2D eigenvalue weighted by atomic mass is 16.5. The van der Waals surface area contributed by atoms with Crippen LogP contribution in [-0.2, 0) is 6.54 Å². The molecule has 0 saturated carbocycles. The van der Waals surface area contributed by atoms with Gasteiger partial charge in [-0.3, -0.25) is 4.98 Å². The van der Waals surface area contributed by atoms with Crippen molar-refractivity contribution < 1.29 is 14.0 Å². The van der Waals surface area contributed by atoms with E-state index in [0.717, 1.165) is 5.69 Å². The van der Waals surface area contributed by atoms with Gasteiger partial charge >= 0.3 is 5.97 Å². The summed E-state index contributed by atoms with van der Waals surface area (Å²) < 4.78 is 6.18. The van der Waals surface area contributed by atoms with E-state index in [0.29, 0.717) is 22.3 Å². The van der Waals surface area contributed by atoms with Gasteiger partial charge in [-0.1, -0.05) is 18.2 Å². The van der Waals surface area contributed by atoms with E-state index in [1.807, 2.05) is 18.2 Å². The van der Waals surface area contributed by atoms with Crippen LogP contribution in [0.4, 0.5) is 0 Å². The molecule has 4 nitrogen and oxygen atoms in total. The van der Waals surface area contributed by atoms with Gasteiger partial charge in [-0.2, -0.15) is 0 Å². The number of rotatable bonds is 4. The van der Waals surface area contributed by atoms with Crippen LogP contribution in [0.15, 0.2) is 48.7 Å². The molecule has 1 aromatic carbocycles. The van der Waals surface area contributed by atoms with E-state index in [1.165, 1.54) is 0 Å². The fourth-order valence-electron chi connectivity index (χ4n) is 1.82. The Kier molecular flexibility index (Phi) is 4.15. The first-order valence-electron chi connectivity index (χ1n) is 6.47. The Labute approximate surface area is 119 Å². The highest BCUT2D eigenvalue weighted by Gasteiger charge is 2.17. The summed E-state index contributed by atoms with van der Waals surface area (Å²) in [5.41, 5.74) is 1.32. The molecule has 4 heteroatoms. The van der Waals surface area contributed by atoms with Crippen LogP contribution < -0.4 is 4.74 Å². The third kappa shape index (κ3) is 3.90. The Morgan fingerprint density at radius 1 is 1.10 bits per heavy atom. The first kappa shape index (κ1) is 14.2. The molecule has 2 aromatic rings. The van der Waals surface area contributed by atoms with E-state index in [1.54, 1.807) is 30.5 Å². The number of esters is 1. The number of carbonyl (C=O) groups is 1. The highest BCUT2D eigenvalue weighted by Crippen LogP contribution is 2.19. The third-order valence-corrected chi connectivity index (χ3v) is 2.68. The molecule has 0 aliphatic rings. The number of nitrogens with zero attached hydrogens (tertiary/aromatic N) is 2. The van der Waals surface area contributed by atoms with Gasteiger partial charge < -0.3 is 9.22 Å². The van der Waals surface area contributed by atoms with Crippen LogP contribution in [-0.4, -0.2) is 36.6 Å². The number of hydrogen-bond donors (Lipinski definition) is 0. The van der Waals surface area contributed by atoms with Crippen molar-refractivity contribution >= 4 is 5.97 Å². The summed E-state index contributed by atoms with van der Waals surface area (Å²) in [7, 11) is 6.20. The van der Waals surface area contributed by atoms with E-state index in [9.17, 15) is 4.79 Å². The molecular formula is C16H19N2O2+. The number of ether oxygens (including phenoxy) is 1. The van der Waals surface area contributed by atoms with Gasteiger partial charge in [-0.05, 0) is 24.3 Å². The van der Waals surface area contributed by atoms with E-state index in [-0.39, 0.29) is 5.97 Å². The molecule has 0 bridgehead atoms. The van der Waals surface area contributed by atoms with Crippen molar-refractivity contribution in [3.8, 4) is 5.75 Å². The highest BCUT2D eigenvalue weighted by molar-refractivity contribution is 5.91. The maximum atomic E-state index is 12.1. The topological polar surface area (TPSA) is 39.2 Å². The zero-order valence-corrected chi connectivity index (χ0v) is 12.0. The quantitative estimate of drug-likeness (QED) is 0.633. The van der Waals surface area contributed by atoms with Gasteiger partial charge in [-0.15, -0.1) is 0 Å². The molecule has 0 radical (unpaired) electrons. The zero-order valence-electron chi connectivity index (χ0n) is 12.0. The normalized spacial score (nSPS) is 11.2. The van der Waals surface area contributed by atoms with Crippen LogP contribution in [0.2, 0.25) is 0 Å². The molecule has 1 heterocycles. The van der Waals surface area contributed by atoms with Gasteiger partial charge in [0.15, 0.2) is 5.75 Å². The number of pyridine rings is 1. The number of hydrogen-bond acceptors (Lipinski definition) is 3. The van der Waals surface area contributed by atoms with Crippen molar-refractivity contribution in [3.05, 3.63) is 59.9 Å². The first-order valence-corrected chi connectivity index (χ1v) is 6.47. The number of benzene rings is 1. The van der Waals surface area contributed by atoms with Crippen LogP contribution in [0.3, 0.4) is 0 Å². The summed E-state index contributed by atoms with van der Waals surface area (Å²) in [5, 5.41) is 0. The molecule has 0 unspecified atom stereocenters. The monoisotopic (exact) mass is 271 g/mol. The van der Waals surface area contributed by atoms with Gasteiger partial charge in [0.05, 0.1) is 26.7 Å². The Hall–Kier alpha value is -2.20. The summed E-state index contributed by atoms with van der Waals surface area (Å²) in [5.74, 6) is 0.163. The second-order valence-electron chi connectivity index (χ2n) is 5.65. The Morgan fingerprint density at radius 2 is 1.80 bits per heavy atom. The largest absolute Gasteiger partial charge is 0.421 e. The molecule has 0 aliphatic carbocycles. The molecule has 0 aliphatic heterocycles. The number of aromatic nitrogens is 1. The zero-order chi connectivity index (χ0) is 14.6. The van der Waals surface area contributed by atoms with Crippen molar-refractivity contribution in [1.29, 1.82) is 0 Å². The minimum atomic E-state index is -0.360. The minimum Gasteiger partial charge on any atom is -0.421 e. The Balaban J connectivity index is 2.20. The molecule has 1 aromatic heterocycles. The van der Waals surface area contributed by atoms with Crippen molar-refractivity contribution in [3.63, 3.8) is 0 Å². The second kappa shape index (κ2) is 5.84. The van der Waals surface area contributed by atoms with E-state index in [4.69, 9.17) is 4.74 Å². The maximum Gasteiger partial charge on any atom is 0.343 e. The molecule has 20 heavy (non-hydrogen) atoms. The molecular weight excluding hydrogens is 252 g/mol. The molecule has 0 N–H and O–H groups in total. The minimum absolute atomic E-state index is 0.360. The van der Waals surface area contributed by atoms with Gasteiger partial charge in [0.1, 0.15) is 12.2 Å². The standard InChI is InChI=1S/C16H19N2O2/c1-18(2,3)12-14-15(10-7-11-17-14)20-16(19)13-8-5-4-6-9-13/h4-11H,12H2,1-3H3/q+1. The first-order chi connectivity index (χ1) is 9.46. The van der Waals surface area contributed by atoms with Crippen LogP contribution in [0.25, 0.3) is 0 Å². The Morgan fingerprint density at radius 3 is 2.45 bits per heavy atom. The third-order valence-electron chi connectivity index (χ3n) is 2.68. The lowest BCUT2D eigenvalue weighted by atomic mass is 10.2. The van der Waals surface area contributed by atoms with Gasteiger partial charge in [0, 0.05) is 6.20 Å². The summed E-state index contributed by atoms with van der Waals surface area (Å²) in [6.45, 7) is 0.693. The van der Waals surface area contributed by atoms with Crippen molar-refractivity contribution in [1.82, 2.24) is 4.98 Å². The smallest absolute Gasteiger partial charge is 0.343 e. The SMILES string of the molecule is C[N+](C)(C)Cc1ncccc1OC(=O)c1ccccc1. The average molecular weight is 271 g/mol. The summed E-state index contributed by atoms with van der Waals surface area (Å²) >= 11 is 0. The number of quaternary nitrogens is 1. The van der Waals surface area contributed by atoms with Crippen molar-refractivity contribution in [2.75, 3.05) is 21.1 Å². The predicted octanol–water partition coefficient (Wildman–Crippen LogP) is 2.51. The molecule has 2 rings (SSSR count). The predicted molar refractivity (Wildman–Crippen MR) is 77.4 cm³/mol. The van der Waals surface area contributed by atoms with Gasteiger partial charge in [0.2, 0.25) is 0 Å². The summed E-state index contributed by atoms with van der Waals surface area (Å²) in [6, 6.07) is 12.5. The molecule has 0 atom stereocenters. The van der Waals surface area contributed by atoms with E-state index < -0.39 is 0 Å². The molecule has 0 spiro atoms. The van der Waals surface area contributed by atoms with Gasteiger partial charge in [-0.25, -0.2) is 4.79 Å². The lowest BCUT2D eigenvalue weighted by Crippen LogP contribution is -2.34. The number of carbonyl (C=O) groups excluding carboxylic acids is 1. The second-order valence-corrected chi connectivity index (χ2v) is 5.65. The lowest BCUT2D eigenvalue weighted by molar-refractivity contribution is -0.884. The fourth-order valence-corrected chi connectivity index (χ4v) is 1.82. The van der Waals surface area contributed by atoms with Crippen LogP contribution >= 0.6 is 0 Å². The van der Waals surface area contributed by atoms with E-state index >= 15 is 0 Å². The van der Waals surface area contributed by atoms with E-state index in [2.05, 4.69) is 26.1 Å². The van der Waals surface area contributed by atoms with Crippen molar-refractivity contribution in [2.24, 2.45) is 0 Å². The summed E-state index contributed by atoms with van der Waals surface area (Å²) in [6.07, 6.45) is 1.71. The summed E-state index contributed by atoms with van der Waals surface area (Å²) in [4.78, 5) is 16.4. The van der Waals surface area contributed by atoms with Crippen LogP contribution in [0.1, 0.15) is 16.1 Å². The Bertz CT molecular complexity index is 589. The molecule has 0 fully saturated rings. The van der Waals surface area contributed by atoms with Gasteiger partial charge in [0.25, 0.3) is 0 Å². The van der Waals surface area contributed by atoms with Crippen LogP contribution in [0.5, 0.6) is 5.75 Å². The van der Waals surface area contributed by atoms with Crippen LogP contribution in [0, 0.1) is 0 Å². The molecule has 0 amide bonds. The maximum absolute atomic E-state index is 12.1. The average Bonchev–Trinajstić information content (AvgIpc) is 2.40.